The number of phenolic OH excluding ortho intramolecular Hbond substituents is 2. The van der Waals surface area contributed by atoms with Gasteiger partial charge in [0.1, 0.15) is 71.6 Å². The Labute approximate surface area is 245 Å². The normalized spacial score (nSPS) is 36.0. The molecule has 3 heterocycles. The first-order chi connectivity index (χ1) is 20.4. The summed E-state index contributed by atoms with van der Waals surface area (Å²) >= 11 is 0. The van der Waals surface area contributed by atoms with Gasteiger partial charge >= 0.3 is 0 Å². The van der Waals surface area contributed by atoms with E-state index in [1.807, 2.05) is 0 Å². The Morgan fingerprint density at radius 3 is 2.23 bits per heavy atom. The fourth-order valence-electron chi connectivity index (χ4n) is 5.20. The van der Waals surface area contributed by atoms with Crippen LogP contribution in [0.15, 0.2) is 30.3 Å². The number of rotatable bonds is 7. The van der Waals surface area contributed by atoms with E-state index in [-0.39, 0.29) is 35.0 Å². The van der Waals surface area contributed by atoms with E-state index < -0.39 is 85.7 Å². The van der Waals surface area contributed by atoms with E-state index in [1.54, 1.807) is 6.07 Å². The minimum absolute atomic E-state index is 0.0457. The maximum atomic E-state index is 12.9. The number of hydrogen-bond acceptors (Lipinski definition) is 15. The SMILES string of the molecule is COc1ccc([C@@H]2CC(=O)c3c(O)cc(O[C@@H]4O[C@H](CO[C@@H]5O[C@H](C)[C@H](O)[C@@H](O)[C@@H]5O)[C@@H](O)[C@@H](O)[C@H]4O)cc3O2)cc1O. The highest BCUT2D eigenvalue weighted by atomic mass is 16.7. The number of aromatic hydroxyl groups is 2. The van der Waals surface area contributed by atoms with Gasteiger partial charge in [0.2, 0.25) is 6.29 Å². The molecule has 0 spiro atoms. The summed E-state index contributed by atoms with van der Waals surface area (Å²) in [6.07, 6.45) is -15.9. The Bertz CT molecular complexity index is 1320. The molecule has 5 rings (SSSR count). The molecule has 236 valence electrons. The Morgan fingerprint density at radius 2 is 1.53 bits per heavy atom. The van der Waals surface area contributed by atoms with Crippen molar-refractivity contribution in [3.63, 3.8) is 0 Å². The first-order valence-corrected chi connectivity index (χ1v) is 13.5. The number of carbonyl (C=O) groups is 1. The summed E-state index contributed by atoms with van der Waals surface area (Å²) in [5, 5.41) is 82.2. The molecule has 0 aliphatic carbocycles. The number of aliphatic hydroxyl groups excluding tert-OH is 6. The van der Waals surface area contributed by atoms with Crippen LogP contribution in [-0.2, 0) is 14.2 Å². The zero-order valence-electron chi connectivity index (χ0n) is 23.1. The number of carbonyl (C=O) groups excluding carboxylic acids is 1. The third kappa shape index (κ3) is 6.08. The average Bonchev–Trinajstić information content (AvgIpc) is 2.97. The van der Waals surface area contributed by atoms with Gasteiger partial charge in [0.25, 0.3) is 0 Å². The highest BCUT2D eigenvalue weighted by Gasteiger charge is 2.47. The third-order valence-electron chi connectivity index (χ3n) is 7.70. The van der Waals surface area contributed by atoms with E-state index in [0.29, 0.717) is 5.56 Å². The van der Waals surface area contributed by atoms with E-state index >= 15 is 0 Å². The summed E-state index contributed by atoms with van der Waals surface area (Å²) in [5.74, 6) is -0.999. The molecule has 0 radical (unpaired) electrons. The zero-order chi connectivity index (χ0) is 31.2. The average molecular weight is 611 g/mol. The second-order valence-corrected chi connectivity index (χ2v) is 10.6. The van der Waals surface area contributed by atoms with Gasteiger partial charge in [0.05, 0.1) is 26.2 Å². The molecule has 0 unspecified atom stereocenters. The van der Waals surface area contributed by atoms with Crippen LogP contribution < -0.4 is 14.2 Å². The topological polar surface area (TPSA) is 234 Å². The van der Waals surface area contributed by atoms with Crippen molar-refractivity contribution in [1.29, 1.82) is 0 Å². The van der Waals surface area contributed by atoms with Gasteiger partial charge < -0.3 is 69.3 Å². The quantitative estimate of drug-likeness (QED) is 0.185. The highest BCUT2D eigenvalue weighted by molar-refractivity contribution is 6.02. The Balaban J connectivity index is 1.30. The van der Waals surface area contributed by atoms with E-state index in [9.17, 15) is 45.6 Å². The molecule has 8 N–H and O–H groups in total. The van der Waals surface area contributed by atoms with Crippen LogP contribution in [0.3, 0.4) is 0 Å². The first-order valence-electron chi connectivity index (χ1n) is 13.5. The lowest BCUT2D eigenvalue weighted by Crippen LogP contribution is -2.61. The molecule has 0 bridgehead atoms. The van der Waals surface area contributed by atoms with Gasteiger partial charge in [-0.15, -0.1) is 0 Å². The van der Waals surface area contributed by atoms with Crippen molar-refractivity contribution >= 4 is 5.78 Å². The van der Waals surface area contributed by atoms with Crippen molar-refractivity contribution < 1.29 is 74.1 Å². The monoisotopic (exact) mass is 610 g/mol. The van der Waals surface area contributed by atoms with E-state index in [1.165, 1.54) is 32.2 Å². The Kier molecular flexibility index (Phi) is 8.99. The van der Waals surface area contributed by atoms with Crippen LogP contribution in [0.5, 0.6) is 28.7 Å². The molecule has 0 saturated carbocycles. The van der Waals surface area contributed by atoms with Crippen molar-refractivity contribution in [1.82, 2.24) is 0 Å². The maximum Gasteiger partial charge on any atom is 0.229 e. The van der Waals surface area contributed by atoms with E-state index in [4.69, 9.17) is 28.4 Å². The molecule has 15 nitrogen and oxygen atoms in total. The van der Waals surface area contributed by atoms with Crippen LogP contribution in [0.4, 0.5) is 0 Å². The van der Waals surface area contributed by atoms with Crippen LogP contribution >= 0.6 is 0 Å². The highest BCUT2D eigenvalue weighted by Crippen LogP contribution is 2.43. The molecular weight excluding hydrogens is 576 g/mol. The smallest absolute Gasteiger partial charge is 0.229 e. The van der Waals surface area contributed by atoms with Crippen LogP contribution in [0.2, 0.25) is 0 Å². The second kappa shape index (κ2) is 12.4. The minimum atomic E-state index is -1.77. The van der Waals surface area contributed by atoms with Crippen molar-refractivity contribution in [2.24, 2.45) is 0 Å². The standard InChI is InChI=1S/C28H34O15/c1-10-21(32)23(34)25(36)27(40-10)39-9-19-22(33)24(35)26(37)28(43-19)41-12-6-14(30)20-15(31)8-17(42-18(20)7-12)11-3-4-16(38-2)13(29)5-11/h3-7,10,17,19,21-30,32-37H,8-9H2,1-2H3/t10-,17+,19-,21+,22-,23-,24-,25+,26-,27-,28-/m1/s1. The van der Waals surface area contributed by atoms with E-state index in [0.717, 1.165) is 6.07 Å². The largest absolute Gasteiger partial charge is 0.507 e. The lowest BCUT2D eigenvalue weighted by Gasteiger charge is -2.42. The number of phenols is 2. The molecule has 2 fully saturated rings. The number of ketones is 1. The molecule has 11 atom stereocenters. The van der Waals surface area contributed by atoms with Gasteiger partial charge in [-0.05, 0) is 24.6 Å². The first kappa shape index (κ1) is 31.2. The number of benzene rings is 2. The Hall–Kier alpha value is -3.25. The van der Waals surface area contributed by atoms with Crippen LogP contribution in [0, 0.1) is 0 Å². The van der Waals surface area contributed by atoms with Crippen molar-refractivity contribution in [3.05, 3.63) is 41.5 Å². The van der Waals surface area contributed by atoms with Gasteiger partial charge in [-0.25, -0.2) is 0 Å². The van der Waals surface area contributed by atoms with Gasteiger partial charge in [-0.2, -0.15) is 0 Å². The second-order valence-electron chi connectivity index (χ2n) is 10.6. The predicted molar refractivity (Wildman–Crippen MR) is 141 cm³/mol. The lowest BCUT2D eigenvalue weighted by molar-refractivity contribution is -0.318. The molecular formula is C28H34O15. The molecule has 3 aliphatic heterocycles. The number of Topliss-reactive ketones (excluding diaryl/α,β-unsaturated/α-hetero) is 1. The lowest BCUT2D eigenvalue weighted by atomic mass is 9.95. The Morgan fingerprint density at radius 1 is 0.837 bits per heavy atom. The third-order valence-corrected chi connectivity index (χ3v) is 7.70. The fraction of sp³-hybridized carbons (Fsp3) is 0.536. The molecule has 2 aromatic carbocycles. The maximum absolute atomic E-state index is 12.9. The van der Waals surface area contributed by atoms with Gasteiger partial charge in [0.15, 0.2) is 23.6 Å². The van der Waals surface area contributed by atoms with E-state index in [2.05, 4.69) is 0 Å². The minimum Gasteiger partial charge on any atom is -0.507 e. The summed E-state index contributed by atoms with van der Waals surface area (Å²) in [5.41, 5.74) is 0.373. The molecule has 3 aliphatic rings. The molecule has 43 heavy (non-hydrogen) atoms. The molecule has 2 saturated heterocycles. The number of hydrogen-bond donors (Lipinski definition) is 8. The van der Waals surface area contributed by atoms with Gasteiger partial charge in [0, 0.05) is 12.1 Å². The molecule has 0 aromatic heterocycles. The van der Waals surface area contributed by atoms with Crippen molar-refractivity contribution in [3.8, 4) is 28.7 Å². The number of methoxy groups -OCH3 is 1. The summed E-state index contributed by atoms with van der Waals surface area (Å²) in [7, 11) is 1.39. The van der Waals surface area contributed by atoms with Crippen molar-refractivity contribution in [2.75, 3.05) is 13.7 Å². The van der Waals surface area contributed by atoms with Crippen LogP contribution in [-0.4, -0.2) is 122 Å². The summed E-state index contributed by atoms with van der Waals surface area (Å²) in [6.45, 7) is 0.964. The molecule has 0 amide bonds. The summed E-state index contributed by atoms with van der Waals surface area (Å²) in [4.78, 5) is 12.9. The van der Waals surface area contributed by atoms with Crippen LogP contribution in [0.25, 0.3) is 0 Å². The van der Waals surface area contributed by atoms with Gasteiger partial charge in [-0.3, -0.25) is 4.79 Å². The summed E-state index contributed by atoms with van der Waals surface area (Å²) in [6, 6.07) is 6.90. The molecule has 2 aromatic rings. The number of ether oxygens (including phenoxy) is 6. The zero-order valence-corrected chi connectivity index (χ0v) is 23.1. The molecule has 15 heteroatoms. The number of aliphatic hydroxyl groups is 6. The van der Waals surface area contributed by atoms with Crippen molar-refractivity contribution in [2.45, 2.75) is 80.9 Å². The summed E-state index contributed by atoms with van der Waals surface area (Å²) < 4.78 is 33.1. The predicted octanol–water partition coefficient (Wildman–Crippen LogP) is -1.16. The number of fused-ring (bicyclic) bond motifs is 1. The van der Waals surface area contributed by atoms with Gasteiger partial charge in [-0.1, -0.05) is 6.07 Å². The fourth-order valence-corrected chi connectivity index (χ4v) is 5.20. The van der Waals surface area contributed by atoms with Crippen LogP contribution in [0.1, 0.15) is 35.4 Å².